The van der Waals surface area contributed by atoms with Gasteiger partial charge in [0, 0.05) is 12.1 Å². The molecule has 140 valence electrons. The lowest BCUT2D eigenvalue weighted by Gasteiger charge is -2.24. The minimum atomic E-state index is -3.84. The summed E-state index contributed by atoms with van der Waals surface area (Å²) in [6.07, 6.45) is -1.13. The minimum Gasteiger partial charge on any atom is -0.392 e. The second-order valence-corrected chi connectivity index (χ2v) is 8.88. The number of amides is 1. The second-order valence-electron chi connectivity index (χ2n) is 6.71. The van der Waals surface area contributed by atoms with Crippen LogP contribution in [0.25, 0.3) is 0 Å². The standard InChI is InChI=1S/C20H25NO4S/c1-15(2)13-18(22)19(26(24,25)17-11-7-4-8-12-17)14-20(23)21-16-9-5-3-6-10-16/h3-12,15,18-19,22H,13-14H2,1-2H3,(H,21,23)/t18-,19+/m0/s1. The van der Waals surface area contributed by atoms with E-state index >= 15 is 0 Å². The van der Waals surface area contributed by atoms with Crippen molar-refractivity contribution in [2.75, 3.05) is 5.32 Å². The van der Waals surface area contributed by atoms with Crippen LogP contribution in [-0.2, 0) is 14.6 Å². The summed E-state index contributed by atoms with van der Waals surface area (Å²) in [6.45, 7) is 3.80. The first-order valence-corrected chi connectivity index (χ1v) is 10.2. The van der Waals surface area contributed by atoms with Crippen LogP contribution >= 0.6 is 0 Å². The average molecular weight is 375 g/mol. The molecule has 0 saturated carbocycles. The lowest BCUT2D eigenvalue weighted by atomic mass is 10.0. The van der Waals surface area contributed by atoms with Crippen LogP contribution in [0.1, 0.15) is 26.7 Å². The van der Waals surface area contributed by atoms with Gasteiger partial charge in [0.1, 0.15) is 5.25 Å². The molecule has 2 aromatic rings. The van der Waals surface area contributed by atoms with Crippen molar-refractivity contribution in [1.82, 2.24) is 0 Å². The molecule has 0 fully saturated rings. The van der Waals surface area contributed by atoms with Gasteiger partial charge in [-0.05, 0) is 36.6 Å². The van der Waals surface area contributed by atoms with Crippen molar-refractivity contribution in [2.24, 2.45) is 5.92 Å². The molecule has 2 rings (SSSR count). The molecule has 0 aliphatic heterocycles. The SMILES string of the molecule is CC(C)C[C@H](O)[C@@H](CC(=O)Nc1ccccc1)S(=O)(=O)c1ccccc1. The molecule has 0 aliphatic carbocycles. The largest absolute Gasteiger partial charge is 0.392 e. The van der Waals surface area contributed by atoms with Crippen molar-refractivity contribution in [1.29, 1.82) is 0 Å². The first-order valence-electron chi connectivity index (χ1n) is 8.62. The van der Waals surface area contributed by atoms with Crippen molar-refractivity contribution in [2.45, 2.75) is 42.9 Å². The smallest absolute Gasteiger partial charge is 0.225 e. The van der Waals surface area contributed by atoms with Gasteiger partial charge in [-0.2, -0.15) is 0 Å². The number of aliphatic hydroxyl groups excluding tert-OH is 1. The van der Waals surface area contributed by atoms with E-state index in [0.29, 0.717) is 12.1 Å². The Hall–Kier alpha value is -2.18. The van der Waals surface area contributed by atoms with Crippen LogP contribution in [0.4, 0.5) is 5.69 Å². The molecular formula is C20H25NO4S. The van der Waals surface area contributed by atoms with Crippen LogP contribution in [0.5, 0.6) is 0 Å². The Morgan fingerprint density at radius 3 is 2.08 bits per heavy atom. The molecule has 2 N–H and O–H groups in total. The number of hydrogen-bond donors (Lipinski definition) is 2. The predicted octanol–water partition coefficient (Wildman–Crippen LogP) is 3.26. The van der Waals surface area contributed by atoms with E-state index < -0.39 is 27.1 Å². The van der Waals surface area contributed by atoms with Gasteiger partial charge < -0.3 is 10.4 Å². The number of sulfone groups is 1. The van der Waals surface area contributed by atoms with Crippen molar-refractivity contribution in [3.8, 4) is 0 Å². The van der Waals surface area contributed by atoms with Crippen molar-refractivity contribution in [3.05, 3.63) is 60.7 Å². The number of anilines is 1. The number of hydrogen-bond acceptors (Lipinski definition) is 4. The first-order chi connectivity index (χ1) is 12.3. The fourth-order valence-electron chi connectivity index (χ4n) is 2.79. The van der Waals surface area contributed by atoms with Gasteiger partial charge in [0.25, 0.3) is 0 Å². The summed E-state index contributed by atoms with van der Waals surface area (Å²) in [5, 5.41) is 12.0. The first kappa shape index (κ1) is 20.1. The summed E-state index contributed by atoms with van der Waals surface area (Å²) in [6, 6.07) is 16.8. The number of benzene rings is 2. The molecule has 26 heavy (non-hydrogen) atoms. The van der Waals surface area contributed by atoms with Crippen molar-refractivity contribution in [3.63, 3.8) is 0 Å². The molecule has 6 heteroatoms. The Kier molecular flexibility index (Phi) is 6.94. The Morgan fingerprint density at radius 2 is 1.54 bits per heavy atom. The van der Waals surface area contributed by atoms with E-state index in [0.717, 1.165) is 0 Å². The highest BCUT2D eigenvalue weighted by Crippen LogP contribution is 2.24. The van der Waals surface area contributed by atoms with E-state index in [-0.39, 0.29) is 17.2 Å². The molecule has 2 atom stereocenters. The Balaban J connectivity index is 2.25. The topological polar surface area (TPSA) is 83.5 Å². The predicted molar refractivity (Wildman–Crippen MR) is 103 cm³/mol. The van der Waals surface area contributed by atoms with Crippen LogP contribution in [-0.4, -0.2) is 30.8 Å². The Morgan fingerprint density at radius 1 is 1.00 bits per heavy atom. The molecule has 0 spiro atoms. The van der Waals surface area contributed by atoms with Crippen LogP contribution in [0.15, 0.2) is 65.6 Å². The van der Waals surface area contributed by atoms with Crippen LogP contribution < -0.4 is 5.32 Å². The highest BCUT2D eigenvalue weighted by molar-refractivity contribution is 7.92. The van der Waals surface area contributed by atoms with Gasteiger partial charge >= 0.3 is 0 Å². The van der Waals surface area contributed by atoms with Gasteiger partial charge in [-0.3, -0.25) is 4.79 Å². The fraction of sp³-hybridized carbons (Fsp3) is 0.350. The molecule has 0 aliphatic rings. The third kappa shape index (κ3) is 5.41. The summed E-state index contributed by atoms with van der Waals surface area (Å²) in [7, 11) is -3.84. The summed E-state index contributed by atoms with van der Waals surface area (Å²) < 4.78 is 26.0. The van der Waals surface area contributed by atoms with Crippen LogP contribution in [0.3, 0.4) is 0 Å². The lowest BCUT2D eigenvalue weighted by molar-refractivity contribution is -0.116. The molecular weight excluding hydrogens is 350 g/mol. The summed E-state index contributed by atoms with van der Waals surface area (Å²) in [4.78, 5) is 12.5. The third-order valence-corrected chi connectivity index (χ3v) is 6.26. The zero-order valence-electron chi connectivity index (χ0n) is 15.0. The van der Waals surface area contributed by atoms with Crippen molar-refractivity contribution < 1.29 is 18.3 Å². The van der Waals surface area contributed by atoms with E-state index in [1.54, 1.807) is 42.5 Å². The number of nitrogens with one attached hydrogen (secondary N) is 1. The molecule has 0 bridgehead atoms. The van der Waals surface area contributed by atoms with Gasteiger partial charge in [-0.1, -0.05) is 50.2 Å². The quantitative estimate of drug-likeness (QED) is 0.742. The number of carbonyl (C=O) groups excluding carboxylic acids is 1. The van der Waals surface area contributed by atoms with Gasteiger partial charge in [0.2, 0.25) is 5.91 Å². The van der Waals surface area contributed by atoms with E-state index in [2.05, 4.69) is 5.32 Å². The zero-order valence-corrected chi connectivity index (χ0v) is 15.8. The van der Waals surface area contributed by atoms with Crippen molar-refractivity contribution >= 4 is 21.4 Å². The molecule has 5 nitrogen and oxygen atoms in total. The Labute approximate surface area is 155 Å². The maximum Gasteiger partial charge on any atom is 0.225 e. The molecule has 0 radical (unpaired) electrons. The number of rotatable bonds is 8. The van der Waals surface area contributed by atoms with Gasteiger partial charge in [-0.15, -0.1) is 0 Å². The minimum absolute atomic E-state index is 0.107. The van der Waals surface area contributed by atoms with Crippen LogP contribution in [0, 0.1) is 5.92 Å². The van der Waals surface area contributed by atoms with E-state index in [1.165, 1.54) is 12.1 Å². The van der Waals surface area contributed by atoms with Gasteiger partial charge in [0.15, 0.2) is 9.84 Å². The molecule has 0 unspecified atom stereocenters. The second kappa shape index (κ2) is 8.96. The molecule has 2 aromatic carbocycles. The van der Waals surface area contributed by atoms with Gasteiger partial charge in [-0.25, -0.2) is 8.42 Å². The fourth-order valence-corrected chi connectivity index (χ4v) is 4.57. The molecule has 0 saturated heterocycles. The molecule has 1 amide bonds. The Bertz CT molecular complexity index is 804. The number of para-hydroxylation sites is 1. The van der Waals surface area contributed by atoms with Gasteiger partial charge in [0.05, 0.1) is 11.0 Å². The highest BCUT2D eigenvalue weighted by atomic mass is 32.2. The third-order valence-electron chi connectivity index (χ3n) is 4.06. The number of carbonyl (C=O) groups is 1. The van der Waals surface area contributed by atoms with E-state index in [1.807, 2.05) is 19.9 Å². The van der Waals surface area contributed by atoms with E-state index in [4.69, 9.17) is 0 Å². The zero-order chi connectivity index (χ0) is 19.2. The van der Waals surface area contributed by atoms with Crippen LogP contribution in [0.2, 0.25) is 0 Å². The summed E-state index contributed by atoms with van der Waals surface area (Å²) in [5.74, 6) is -0.334. The normalized spacial score (nSPS) is 14.0. The molecule has 0 aromatic heterocycles. The maximum absolute atomic E-state index is 13.0. The number of aliphatic hydroxyl groups is 1. The lowest BCUT2D eigenvalue weighted by Crippen LogP contribution is -2.38. The maximum atomic E-state index is 13.0. The monoisotopic (exact) mass is 375 g/mol. The van der Waals surface area contributed by atoms with E-state index in [9.17, 15) is 18.3 Å². The highest BCUT2D eigenvalue weighted by Gasteiger charge is 2.35. The average Bonchev–Trinajstić information content (AvgIpc) is 2.60. The summed E-state index contributed by atoms with van der Waals surface area (Å²) >= 11 is 0. The summed E-state index contributed by atoms with van der Waals surface area (Å²) in [5.41, 5.74) is 0.590. The molecule has 0 heterocycles.